The predicted octanol–water partition coefficient (Wildman–Crippen LogP) is 2.14. The topological polar surface area (TPSA) is 112 Å². The summed E-state index contributed by atoms with van der Waals surface area (Å²) in [5.41, 5.74) is 2.53. The van der Waals surface area contributed by atoms with E-state index in [1.807, 2.05) is 0 Å². The zero-order valence-electron chi connectivity index (χ0n) is 14.2. The van der Waals surface area contributed by atoms with Crippen molar-refractivity contribution in [3.63, 3.8) is 0 Å². The summed E-state index contributed by atoms with van der Waals surface area (Å²) >= 11 is 0. The zero-order valence-corrected chi connectivity index (χ0v) is 14.2. The Kier molecular flexibility index (Phi) is 6.49. The van der Waals surface area contributed by atoms with Crippen LogP contribution in [0.25, 0.3) is 0 Å². The molecule has 1 N–H and O–H groups in total. The summed E-state index contributed by atoms with van der Waals surface area (Å²) in [6.45, 7) is -0.243. The monoisotopic (exact) mass is 359 g/mol. The van der Waals surface area contributed by atoms with Crippen molar-refractivity contribution in [2.24, 2.45) is 5.10 Å². The fourth-order valence-electron chi connectivity index (χ4n) is 1.98. The van der Waals surface area contributed by atoms with Gasteiger partial charge in [-0.3, -0.25) is 14.9 Å². The lowest BCUT2D eigenvalue weighted by atomic mass is 10.2. The quantitative estimate of drug-likeness (QED) is 0.439. The molecule has 0 saturated carbocycles. The number of nitro benzene ring substituents is 1. The van der Waals surface area contributed by atoms with Gasteiger partial charge in [-0.2, -0.15) is 5.10 Å². The molecule has 0 heterocycles. The molecule has 0 aliphatic carbocycles. The van der Waals surface area contributed by atoms with E-state index in [0.717, 1.165) is 0 Å². The third-order valence-corrected chi connectivity index (χ3v) is 3.21. The largest absolute Gasteiger partial charge is 0.497 e. The second-order valence-corrected chi connectivity index (χ2v) is 4.95. The van der Waals surface area contributed by atoms with E-state index >= 15 is 0 Å². The highest BCUT2D eigenvalue weighted by Gasteiger charge is 2.14. The van der Waals surface area contributed by atoms with Gasteiger partial charge in [0.1, 0.15) is 11.5 Å². The first-order valence-corrected chi connectivity index (χ1v) is 7.44. The van der Waals surface area contributed by atoms with Crippen LogP contribution < -0.4 is 19.6 Å². The minimum Gasteiger partial charge on any atom is -0.497 e. The van der Waals surface area contributed by atoms with Crippen molar-refractivity contribution in [2.75, 3.05) is 20.8 Å². The van der Waals surface area contributed by atoms with E-state index in [1.54, 1.807) is 30.3 Å². The van der Waals surface area contributed by atoms with Crippen LogP contribution in [0.2, 0.25) is 0 Å². The molecule has 2 aromatic carbocycles. The van der Waals surface area contributed by atoms with Crippen molar-refractivity contribution in [3.05, 3.63) is 58.1 Å². The number of hydrogen-bond donors (Lipinski definition) is 1. The summed E-state index contributed by atoms with van der Waals surface area (Å²) in [6, 6.07) is 11.2. The number of carbonyl (C=O) groups is 1. The first-order chi connectivity index (χ1) is 12.5. The number of methoxy groups -OCH3 is 2. The number of nitrogens with one attached hydrogen (secondary N) is 1. The molecule has 0 radical (unpaired) electrons. The van der Waals surface area contributed by atoms with Crippen LogP contribution in [0.4, 0.5) is 5.69 Å². The van der Waals surface area contributed by atoms with Gasteiger partial charge in [-0.25, -0.2) is 5.43 Å². The average Bonchev–Trinajstić information content (AvgIpc) is 2.66. The molecule has 0 unspecified atom stereocenters. The number of hydrogen-bond acceptors (Lipinski definition) is 7. The van der Waals surface area contributed by atoms with Gasteiger partial charge in [0.2, 0.25) is 0 Å². The Balaban J connectivity index is 1.90. The smallest absolute Gasteiger partial charge is 0.311 e. The molecule has 26 heavy (non-hydrogen) atoms. The summed E-state index contributed by atoms with van der Waals surface area (Å²) in [7, 11) is 2.88. The van der Waals surface area contributed by atoms with Crippen molar-refractivity contribution in [1.82, 2.24) is 5.43 Å². The van der Waals surface area contributed by atoms with Gasteiger partial charge in [0.25, 0.3) is 5.91 Å². The summed E-state index contributed by atoms with van der Waals surface area (Å²) in [4.78, 5) is 22.1. The van der Waals surface area contributed by atoms with E-state index in [4.69, 9.17) is 14.2 Å². The Bertz CT molecular complexity index is 822. The second-order valence-electron chi connectivity index (χ2n) is 4.95. The number of nitrogens with zero attached hydrogens (tertiary/aromatic N) is 2. The molecular weight excluding hydrogens is 342 g/mol. The number of rotatable bonds is 8. The summed E-state index contributed by atoms with van der Waals surface area (Å²) in [6.07, 6.45) is 1.29. The van der Waals surface area contributed by atoms with Crippen LogP contribution in [-0.4, -0.2) is 37.9 Å². The van der Waals surface area contributed by atoms with Crippen molar-refractivity contribution in [3.8, 4) is 17.2 Å². The maximum absolute atomic E-state index is 11.7. The van der Waals surface area contributed by atoms with Crippen LogP contribution in [0.1, 0.15) is 5.56 Å². The molecule has 9 nitrogen and oxygen atoms in total. The highest BCUT2D eigenvalue weighted by molar-refractivity contribution is 5.84. The average molecular weight is 359 g/mol. The molecule has 0 bridgehead atoms. The van der Waals surface area contributed by atoms with E-state index in [9.17, 15) is 14.9 Å². The van der Waals surface area contributed by atoms with Crippen molar-refractivity contribution in [2.45, 2.75) is 0 Å². The second kappa shape index (κ2) is 9.02. The lowest BCUT2D eigenvalue weighted by molar-refractivity contribution is -0.385. The van der Waals surface area contributed by atoms with Crippen molar-refractivity contribution >= 4 is 17.8 Å². The molecular formula is C17H17N3O6. The number of carbonyl (C=O) groups excluding carboxylic acids is 1. The predicted molar refractivity (Wildman–Crippen MR) is 93.9 cm³/mol. The van der Waals surface area contributed by atoms with Crippen LogP contribution >= 0.6 is 0 Å². The van der Waals surface area contributed by atoms with Crippen molar-refractivity contribution < 1.29 is 23.9 Å². The number of ether oxygens (including phenoxy) is 3. The molecule has 0 fully saturated rings. The fraction of sp³-hybridized carbons (Fsp3) is 0.176. The molecule has 0 spiro atoms. The number of amides is 1. The SMILES string of the molecule is COc1cccc(OCC(=O)N/N=C/c2ccc(OC)c([N+](=O)[O-])c2)c1. The Morgan fingerprint density at radius 2 is 1.96 bits per heavy atom. The fourth-order valence-corrected chi connectivity index (χ4v) is 1.98. The number of nitro groups is 1. The minimum atomic E-state index is -0.559. The highest BCUT2D eigenvalue weighted by atomic mass is 16.6. The van der Waals surface area contributed by atoms with E-state index in [1.165, 1.54) is 32.6 Å². The lowest BCUT2D eigenvalue weighted by Crippen LogP contribution is -2.24. The normalized spacial score (nSPS) is 10.4. The van der Waals surface area contributed by atoms with E-state index in [-0.39, 0.29) is 18.0 Å². The Hall–Kier alpha value is -3.62. The Labute approximate surface area is 149 Å². The van der Waals surface area contributed by atoms with Crippen LogP contribution in [0.15, 0.2) is 47.6 Å². The third-order valence-electron chi connectivity index (χ3n) is 3.21. The lowest BCUT2D eigenvalue weighted by Gasteiger charge is -2.06. The van der Waals surface area contributed by atoms with Crippen LogP contribution in [0.5, 0.6) is 17.2 Å². The molecule has 0 aliphatic heterocycles. The number of benzene rings is 2. The molecule has 9 heteroatoms. The van der Waals surface area contributed by atoms with E-state index in [2.05, 4.69) is 10.5 Å². The van der Waals surface area contributed by atoms with Gasteiger partial charge in [0.05, 0.1) is 25.4 Å². The van der Waals surface area contributed by atoms with Gasteiger partial charge < -0.3 is 14.2 Å². The molecule has 136 valence electrons. The minimum absolute atomic E-state index is 0.142. The maximum atomic E-state index is 11.7. The van der Waals surface area contributed by atoms with Crippen LogP contribution in [0.3, 0.4) is 0 Å². The van der Waals surface area contributed by atoms with Crippen molar-refractivity contribution in [1.29, 1.82) is 0 Å². The molecule has 0 aromatic heterocycles. The molecule has 0 saturated heterocycles. The Morgan fingerprint density at radius 1 is 1.19 bits per heavy atom. The van der Waals surface area contributed by atoms with E-state index in [0.29, 0.717) is 17.1 Å². The van der Waals surface area contributed by atoms with E-state index < -0.39 is 10.8 Å². The van der Waals surface area contributed by atoms with Gasteiger partial charge in [-0.05, 0) is 24.3 Å². The third kappa shape index (κ3) is 5.20. The summed E-state index contributed by atoms with van der Waals surface area (Å²) in [5.74, 6) is 0.756. The standard InChI is InChI=1S/C17H17N3O6/c1-24-13-4-3-5-14(9-13)26-11-17(21)19-18-10-12-6-7-16(25-2)15(8-12)20(22)23/h3-10H,11H2,1-2H3,(H,19,21)/b18-10+. The van der Waals surface area contributed by atoms with Gasteiger partial charge >= 0.3 is 5.69 Å². The molecule has 1 amide bonds. The molecule has 0 atom stereocenters. The van der Waals surface area contributed by atoms with Gasteiger partial charge in [-0.15, -0.1) is 0 Å². The van der Waals surface area contributed by atoms with Crippen LogP contribution in [-0.2, 0) is 4.79 Å². The van der Waals surface area contributed by atoms with Crippen LogP contribution in [0, 0.1) is 10.1 Å². The Morgan fingerprint density at radius 3 is 2.65 bits per heavy atom. The number of hydrazone groups is 1. The van der Waals surface area contributed by atoms with Gasteiger partial charge in [-0.1, -0.05) is 6.07 Å². The highest BCUT2D eigenvalue weighted by Crippen LogP contribution is 2.26. The molecule has 0 aliphatic rings. The maximum Gasteiger partial charge on any atom is 0.311 e. The van der Waals surface area contributed by atoms with Gasteiger partial charge in [0.15, 0.2) is 12.4 Å². The molecule has 2 aromatic rings. The van der Waals surface area contributed by atoms with Gasteiger partial charge in [0, 0.05) is 17.7 Å². The zero-order chi connectivity index (χ0) is 18.9. The summed E-state index contributed by atoms with van der Waals surface area (Å²) in [5, 5.41) is 14.7. The first-order valence-electron chi connectivity index (χ1n) is 7.44. The summed E-state index contributed by atoms with van der Waals surface area (Å²) < 4.78 is 15.3. The first kappa shape index (κ1) is 18.7. The molecule has 2 rings (SSSR count).